The molecular weight excluding hydrogens is 424 g/mol. The standard InChI is InChI=1S/C25H36N2O4S/c1-8-23(27(32(7,29)30)21-16-18(2)15-19(3)17-21)24(28)26-13-14-31-22-11-9-20(10-12-22)25(4,5)6/h9-12,15-17,23H,8,13-14H2,1-7H3,(H,26,28). The first-order valence-corrected chi connectivity index (χ1v) is 12.8. The number of carbonyl (C=O) groups excluding carboxylic acids is 1. The molecule has 1 unspecified atom stereocenters. The molecule has 6 nitrogen and oxygen atoms in total. The van der Waals surface area contributed by atoms with E-state index in [0.717, 1.165) is 23.1 Å². The third-order valence-corrected chi connectivity index (χ3v) is 6.36. The number of nitrogens with one attached hydrogen (secondary N) is 1. The minimum Gasteiger partial charge on any atom is -0.492 e. The van der Waals surface area contributed by atoms with E-state index in [0.29, 0.717) is 18.7 Å². The second-order valence-electron chi connectivity index (χ2n) is 9.24. The number of sulfonamides is 1. The number of ether oxygens (including phenoxy) is 1. The highest BCUT2D eigenvalue weighted by Crippen LogP contribution is 2.26. The third kappa shape index (κ3) is 6.99. The molecule has 0 aromatic heterocycles. The average Bonchev–Trinajstić information content (AvgIpc) is 2.67. The number of benzene rings is 2. The lowest BCUT2D eigenvalue weighted by Crippen LogP contribution is -2.50. The highest BCUT2D eigenvalue weighted by Gasteiger charge is 2.31. The fourth-order valence-electron chi connectivity index (χ4n) is 3.65. The molecule has 0 bridgehead atoms. The van der Waals surface area contributed by atoms with E-state index in [-0.39, 0.29) is 17.9 Å². The van der Waals surface area contributed by atoms with Crippen LogP contribution in [0.3, 0.4) is 0 Å². The molecule has 176 valence electrons. The molecule has 2 aromatic carbocycles. The molecule has 0 saturated heterocycles. The smallest absolute Gasteiger partial charge is 0.244 e. The lowest BCUT2D eigenvalue weighted by atomic mass is 9.87. The zero-order valence-electron chi connectivity index (χ0n) is 20.2. The van der Waals surface area contributed by atoms with Crippen molar-refractivity contribution in [2.75, 3.05) is 23.7 Å². The quantitative estimate of drug-likeness (QED) is 0.565. The number of hydrogen-bond donors (Lipinski definition) is 1. The molecule has 0 spiro atoms. The van der Waals surface area contributed by atoms with Gasteiger partial charge in [-0.15, -0.1) is 0 Å². The van der Waals surface area contributed by atoms with E-state index in [1.54, 1.807) is 19.1 Å². The van der Waals surface area contributed by atoms with Gasteiger partial charge in [-0.1, -0.05) is 45.9 Å². The van der Waals surface area contributed by atoms with Crippen molar-refractivity contribution in [2.24, 2.45) is 0 Å². The number of aryl methyl sites for hydroxylation is 2. The van der Waals surface area contributed by atoms with Gasteiger partial charge in [0.05, 0.1) is 18.5 Å². The second-order valence-corrected chi connectivity index (χ2v) is 11.1. The Hall–Kier alpha value is -2.54. The number of carbonyl (C=O) groups is 1. The molecular formula is C25H36N2O4S. The Morgan fingerprint density at radius 2 is 1.62 bits per heavy atom. The molecule has 1 amide bonds. The summed E-state index contributed by atoms with van der Waals surface area (Å²) in [6.45, 7) is 12.6. The molecule has 2 aromatic rings. The second kappa shape index (κ2) is 10.4. The largest absolute Gasteiger partial charge is 0.492 e. The lowest BCUT2D eigenvalue weighted by Gasteiger charge is -2.30. The van der Waals surface area contributed by atoms with E-state index in [1.165, 1.54) is 9.87 Å². The van der Waals surface area contributed by atoms with Gasteiger partial charge in [-0.3, -0.25) is 9.10 Å². The van der Waals surface area contributed by atoms with Crippen molar-refractivity contribution in [3.05, 3.63) is 59.2 Å². The Kier molecular flexibility index (Phi) is 8.35. The summed E-state index contributed by atoms with van der Waals surface area (Å²) in [6, 6.07) is 12.6. The van der Waals surface area contributed by atoms with Crippen LogP contribution in [0, 0.1) is 13.8 Å². The molecule has 0 saturated carbocycles. The summed E-state index contributed by atoms with van der Waals surface area (Å²) in [6.07, 6.45) is 1.48. The normalized spacial score (nSPS) is 12.8. The topological polar surface area (TPSA) is 75.7 Å². The van der Waals surface area contributed by atoms with Crippen molar-refractivity contribution in [1.82, 2.24) is 5.32 Å². The minimum absolute atomic E-state index is 0.0724. The first-order valence-electron chi connectivity index (χ1n) is 10.9. The number of anilines is 1. The number of hydrogen-bond acceptors (Lipinski definition) is 4. The highest BCUT2D eigenvalue weighted by molar-refractivity contribution is 7.92. The van der Waals surface area contributed by atoms with Gasteiger partial charge in [0.25, 0.3) is 0 Å². The summed E-state index contributed by atoms with van der Waals surface area (Å²) in [7, 11) is -3.66. The van der Waals surface area contributed by atoms with Crippen molar-refractivity contribution in [1.29, 1.82) is 0 Å². The highest BCUT2D eigenvalue weighted by atomic mass is 32.2. The summed E-state index contributed by atoms with van der Waals surface area (Å²) in [5.74, 6) is 0.385. The van der Waals surface area contributed by atoms with Gasteiger partial charge in [0, 0.05) is 0 Å². The van der Waals surface area contributed by atoms with Gasteiger partial charge in [-0.05, 0) is 66.6 Å². The van der Waals surface area contributed by atoms with Crippen molar-refractivity contribution in [3.8, 4) is 5.75 Å². The van der Waals surface area contributed by atoms with Crippen LogP contribution in [0.1, 0.15) is 50.8 Å². The monoisotopic (exact) mass is 460 g/mol. The zero-order valence-corrected chi connectivity index (χ0v) is 21.0. The maximum Gasteiger partial charge on any atom is 0.244 e. The van der Waals surface area contributed by atoms with Gasteiger partial charge in [-0.2, -0.15) is 0 Å². The summed E-state index contributed by atoms with van der Waals surface area (Å²) >= 11 is 0. The Bertz CT molecular complexity index is 1000. The molecule has 7 heteroatoms. The van der Waals surface area contributed by atoms with E-state index in [2.05, 4.69) is 26.1 Å². The summed E-state index contributed by atoms with van der Waals surface area (Å²) in [5.41, 5.74) is 3.67. The van der Waals surface area contributed by atoms with Gasteiger partial charge in [-0.25, -0.2) is 8.42 Å². The maximum absolute atomic E-state index is 12.9. The van der Waals surface area contributed by atoms with Gasteiger partial charge in [0.2, 0.25) is 15.9 Å². The van der Waals surface area contributed by atoms with E-state index in [9.17, 15) is 13.2 Å². The molecule has 0 aliphatic carbocycles. The predicted octanol–water partition coefficient (Wildman–Crippen LogP) is 4.34. The Morgan fingerprint density at radius 3 is 2.09 bits per heavy atom. The third-order valence-electron chi connectivity index (χ3n) is 5.18. The SMILES string of the molecule is CCC(C(=O)NCCOc1ccc(C(C)(C)C)cc1)N(c1cc(C)cc(C)c1)S(C)(=O)=O. The Morgan fingerprint density at radius 1 is 1.06 bits per heavy atom. The van der Waals surface area contributed by atoms with Crippen LogP contribution < -0.4 is 14.4 Å². The summed E-state index contributed by atoms with van der Waals surface area (Å²) < 4.78 is 32.1. The van der Waals surface area contributed by atoms with Gasteiger partial charge in [0.15, 0.2) is 0 Å². The first-order chi connectivity index (χ1) is 14.8. The minimum atomic E-state index is -3.66. The van der Waals surface area contributed by atoms with Crippen molar-refractivity contribution < 1.29 is 17.9 Å². The van der Waals surface area contributed by atoms with Crippen molar-refractivity contribution >= 4 is 21.6 Å². The number of nitrogens with zero attached hydrogens (tertiary/aromatic N) is 1. The van der Waals surface area contributed by atoms with Gasteiger partial charge < -0.3 is 10.1 Å². The molecule has 1 N–H and O–H groups in total. The average molecular weight is 461 g/mol. The van der Waals surface area contributed by atoms with Crippen LogP contribution in [0.5, 0.6) is 5.75 Å². The summed E-state index contributed by atoms with van der Waals surface area (Å²) in [4.78, 5) is 12.9. The molecule has 2 rings (SSSR count). The molecule has 0 radical (unpaired) electrons. The molecule has 0 heterocycles. The zero-order chi connectivity index (χ0) is 24.1. The van der Waals surface area contributed by atoms with Crippen molar-refractivity contribution in [2.45, 2.75) is 59.4 Å². The van der Waals surface area contributed by atoms with Crippen molar-refractivity contribution in [3.63, 3.8) is 0 Å². The van der Waals surface area contributed by atoms with E-state index in [1.807, 2.05) is 44.2 Å². The fourth-order valence-corrected chi connectivity index (χ4v) is 4.85. The van der Waals surface area contributed by atoms with Crippen LogP contribution in [0.4, 0.5) is 5.69 Å². The van der Waals surface area contributed by atoms with Crippen LogP contribution in [0.25, 0.3) is 0 Å². The van der Waals surface area contributed by atoms with Gasteiger partial charge >= 0.3 is 0 Å². The first kappa shape index (κ1) is 25.7. The molecule has 0 fully saturated rings. The fraction of sp³-hybridized carbons (Fsp3) is 0.480. The Labute approximate surface area is 193 Å². The van der Waals surface area contributed by atoms with Crippen LogP contribution in [0.15, 0.2) is 42.5 Å². The van der Waals surface area contributed by atoms with E-state index >= 15 is 0 Å². The van der Waals surface area contributed by atoms with Gasteiger partial charge in [0.1, 0.15) is 18.4 Å². The predicted molar refractivity (Wildman–Crippen MR) is 131 cm³/mol. The van der Waals surface area contributed by atoms with Crippen LogP contribution >= 0.6 is 0 Å². The maximum atomic E-state index is 12.9. The van der Waals surface area contributed by atoms with E-state index in [4.69, 9.17) is 4.74 Å². The summed E-state index contributed by atoms with van der Waals surface area (Å²) in [5, 5.41) is 2.82. The van der Waals surface area contributed by atoms with Crippen LogP contribution in [0.2, 0.25) is 0 Å². The van der Waals surface area contributed by atoms with E-state index < -0.39 is 16.1 Å². The Balaban J connectivity index is 2.04. The van der Waals surface area contributed by atoms with Crippen LogP contribution in [-0.2, 0) is 20.2 Å². The lowest BCUT2D eigenvalue weighted by molar-refractivity contribution is -0.122. The number of rotatable bonds is 9. The molecule has 0 aliphatic heterocycles. The molecule has 0 aliphatic rings. The molecule has 1 atom stereocenters. The van der Waals surface area contributed by atoms with Crippen LogP contribution in [-0.4, -0.2) is 39.8 Å². The molecule has 32 heavy (non-hydrogen) atoms. The number of amides is 1.